The predicted octanol–water partition coefficient (Wildman–Crippen LogP) is 12.7. The molecule has 0 bridgehead atoms. The average molecular weight is 705 g/mol. The summed E-state index contributed by atoms with van der Waals surface area (Å²) in [4.78, 5) is 9.30. The fourth-order valence-corrected chi connectivity index (χ4v) is 6.67. The van der Waals surface area contributed by atoms with Gasteiger partial charge in [0.05, 0.1) is 62.0 Å². The zero-order valence-corrected chi connectivity index (χ0v) is 26.9. The van der Waals surface area contributed by atoms with Gasteiger partial charge in [-0.2, -0.15) is 0 Å². The van der Waals surface area contributed by atoms with Gasteiger partial charge in [0, 0.05) is 27.6 Å². The Morgan fingerprint density at radius 1 is 0.528 bits per heavy atom. The molecule has 0 fully saturated rings. The lowest BCUT2D eigenvalue weighted by atomic mass is 9.88. The fraction of sp³-hybridized carbons (Fsp3) is 0.0400. The molecule has 0 saturated heterocycles. The third-order valence-corrected chi connectivity index (χ3v) is 8.93. The van der Waals surface area contributed by atoms with Crippen LogP contribution in [-0.4, -0.2) is 14.5 Å². The Morgan fingerprint density at radius 2 is 1.28 bits per heavy atom. The molecule has 1 atom stereocenters. The van der Waals surface area contributed by atoms with Crippen LogP contribution >= 0.6 is 0 Å². The molecule has 53 heavy (non-hydrogen) atoms. The quantitative estimate of drug-likeness (QED) is 0.183. The van der Waals surface area contributed by atoms with E-state index in [-0.39, 0.29) is 5.56 Å². The number of aromatic nitrogens is 3. The Labute approximate surface area is 348 Å². The van der Waals surface area contributed by atoms with Crippen LogP contribution in [0.2, 0.25) is 0 Å². The van der Waals surface area contributed by atoms with E-state index in [0.717, 1.165) is 4.57 Å². The van der Waals surface area contributed by atoms with E-state index in [1.807, 2.05) is 0 Å². The highest BCUT2D eigenvalue weighted by molar-refractivity contribution is 6.17. The summed E-state index contributed by atoms with van der Waals surface area (Å²) in [5, 5.41) is -2.94. The summed E-state index contributed by atoms with van der Waals surface area (Å²) in [6.07, 6.45) is 0. The standard InChI is InChI=1S/C50H33N3/c1-31-19-21-34(22-20-31)46-38-15-7-8-16-39(38)47-42(46)27-28-45-48(47)41-17-9-10-18-44(41)53(45)50-51-43-30-36(32-11-3-2-4-12-32)25-26-40(43)49(52-50)37-24-23-33-13-5-6-14-35(33)29-37/h2-30,46H,1H3/i2D,3D,4D,5D,6D,7D,8D,9D,10D,11D,12D,13D,14D,15D,16D,17D,18D,19D,20D,21D,22D,23D,24D,25D,26D,27D,28D,29D,30D. The van der Waals surface area contributed by atoms with Crippen LogP contribution < -0.4 is 0 Å². The van der Waals surface area contributed by atoms with Crippen molar-refractivity contribution in [2.45, 2.75) is 12.8 Å². The van der Waals surface area contributed by atoms with Crippen LogP contribution in [0.25, 0.3) is 82.9 Å². The minimum atomic E-state index is -1.79. The molecule has 0 radical (unpaired) electrons. The number of benzene rings is 8. The monoisotopic (exact) mass is 704 g/mol. The molecule has 3 nitrogen and oxygen atoms in total. The molecule has 0 spiro atoms. The molecule has 1 unspecified atom stereocenters. The second-order valence-corrected chi connectivity index (χ2v) is 11.9. The zero-order valence-electron chi connectivity index (χ0n) is 55.9. The van der Waals surface area contributed by atoms with Crippen molar-refractivity contribution in [2.24, 2.45) is 0 Å². The highest BCUT2D eigenvalue weighted by Crippen LogP contribution is 2.52. The van der Waals surface area contributed by atoms with Gasteiger partial charge in [-0.25, -0.2) is 9.97 Å². The van der Waals surface area contributed by atoms with Crippen LogP contribution in [0.5, 0.6) is 0 Å². The first kappa shape index (κ1) is 13.0. The Hall–Kier alpha value is -6.84. The van der Waals surface area contributed by atoms with Crippen molar-refractivity contribution in [3.8, 4) is 39.5 Å². The van der Waals surface area contributed by atoms with Gasteiger partial charge >= 0.3 is 0 Å². The summed E-state index contributed by atoms with van der Waals surface area (Å²) < 4.78 is 264. The van der Waals surface area contributed by atoms with Crippen molar-refractivity contribution in [2.75, 3.05) is 0 Å². The van der Waals surface area contributed by atoms with Gasteiger partial charge in [0.1, 0.15) is 0 Å². The largest absolute Gasteiger partial charge is 0.278 e. The van der Waals surface area contributed by atoms with Crippen molar-refractivity contribution in [3.63, 3.8) is 0 Å². The lowest BCUT2D eigenvalue weighted by molar-refractivity contribution is 1.01. The van der Waals surface area contributed by atoms with Crippen LogP contribution in [0.1, 0.15) is 67.9 Å². The van der Waals surface area contributed by atoms with Crippen LogP contribution in [0.4, 0.5) is 0 Å². The molecular weight excluding hydrogens is 643 g/mol. The van der Waals surface area contributed by atoms with Gasteiger partial charge in [-0.15, -0.1) is 0 Å². The van der Waals surface area contributed by atoms with Gasteiger partial charge < -0.3 is 0 Å². The summed E-state index contributed by atoms with van der Waals surface area (Å²) in [6.45, 7) is 1.32. The second kappa shape index (κ2) is 11.6. The molecule has 1 aliphatic carbocycles. The Morgan fingerprint density at radius 3 is 2.17 bits per heavy atom. The maximum atomic E-state index is 9.95. The number of rotatable bonds is 4. The summed E-state index contributed by atoms with van der Waals surface area (Å²) >= 11 is 0. The molecule has 11 rings (SSSR count). The minimum absolute atomic E-state index is 0.0985. The molecule has 8 aromatic carbocycles. The van der Waals surface area contributed by atoms with Gasteiger partial charge in [0.2, 0.25) is 5.95 Å². The highest BCUT2D eigenvalue weighted by atomic mass is 15.2. The molecule has 2 heterocycles. The topological polar surface area (TPSA) is 30.7 Å². The number of fused-ring (bicyclic) bond motifs is 9. The van der Waals surface area contributed by atoms with Crippen LogP contribution in [-0.2, 0) is 0 Å². The Kier molecular flexibility index (Phi) is 2.84. The maximum Gasteiger partial charge on any atom is 0.235 e. The normalized spacial score (nSPS) is 21.2. The third-order valence-electron chi connectivity index (χ3n) is 8.93. The SMILES string of the molecule is [2H]c1c([2H])c([2H])c(-c2c([2H])c([2H])c3c(-c4c([2H])c([2H])c5c([2H])c([2H])c([2H])c([2H])c5c4[2H])nc(-n4c5c([2H])c([2H])c([2H])c([2H])c5c5c6c(c([2H])c([2H])c54)C(c4c([2H])c([2H])c(C)c([2H])c4[2H])c4c([2H])c([2H])c([2H])c([2H])c4-6)nc3c2[2H])c([2H])c1[2H]. The predicted molar refractivity (Wildman–Crippen MR) is 220 cm³/mol. The van der Waals surface area contributed by atoms with E-state index in [1.165, 1.54) is 6.92 Å². The van der Waals surface area contributed by atoms with Crippen molar-refractivity contribution < 1.29 is 39.8 Å². The van der Waals surface area contributed by atoms with Crippen LogP contribution in [0, 0.1) is 6.92 Å². The third kappa shape index (κ3) is 4.60. The van der Waals surface area contributed by atoms with Gasteiger partial charge in [-0.05, 0) is 86.9 Å². The molecule has 3 heteroatoms. The molecule has 0 amide bonds. The molecule has 248 valence electrons. The van der Waals surface area contributed by atoms with Gasteiger partial charge in [0.15, 0.2) is 0 Å². The van der Waals surface area contributed by atoms with E-state index < -0.39 is 281 Å². The number of hydrogen-bond acceptors (Lipinski definition) is 2. The molecule has 0 aliphatic heterocycles. The zero-order chi connectivity index (χ0) is 60.3. The highest BCUT2D eigenvalue weighted by Gasteiger charge is 2.33. The van der Waals surface area contributed by atoms with E-state index in [9.17, 15) is 17.8 Å². The van der Waals surface area contributed by atoms with Gasteiger partial charge in [0.25, 0.3) is 0 Å². The smallest absolute Gasteiger partial charge is 0.235 e. The number of para-hydroxylation sites is 1. The molecule has 10 aromatic rings. The lowest BCUT2D eigenvalue weighted by Crippen LogP contribution is -2.04. The van der Waals surface area contributed by atoms with Crippen LogP contribution in [0.15, 0.2) is 175 Å². The van der Waals surface area contributed by atoms with Crippen molar-refractivity contribution in [1.29, 1.82) is 0 Å². The molecule has 1 aliphatic rings. The summed E-state index contributed by atoms with van der Waals surface area (Å²) in [6, 6.07) is -24.9. The molecule has 0 saturated carbocycles. The molecule has 0 N–H and O–H groups in total. The Balaban J connectivity index is 1.43. The number of nitrogens with zero attached hydrogens (tertiary/aromatic N) is 3. The van der Waals surface area contributed by atoms with E-state index in [1.54, 1.807) is 0 Å². The average Bonchev–Trinajstić information content (AvgIpc) is 1.56. The molecule has 2 aromatic heterocycles. The van der Waals surface area contributed by atoms with E-state index in [2.05, 4.69) is 9.97 Å². The minimum Gasteiger partial charge on any atom is -0.278 e. The van der Waals surface area contributed by atoms with E-state index in [0.29, 0.717) is 0 Å². The summed E-state index contributed by atoms with van der Waals surface area (Å²) in [7, 11) is 0. The van der Waals surface area contributed by atoms with Crippen molar-refractivity contribution >= 4 is 43.5 Å². The van der Waals surface area contributed by atoms with E-state index >= 15 is 0 Å². The maximum absolute atomic E-state index is 9.95. The van der Waals surface area contributed by atoms with Crippen molar-refractivity contribution in [3.05, 3.63) is 197 Å². The Bertz CT molecular complexity index is 4700. The fourth-order valence-electron chi connectivity index (χ4n) is 6.67. The van der Waals surface area contributed by atoms with Crippen LogP contribution in [0.3, 0.4) is 0 Å². The summed E-state index contributed by atoms with van der Waals surface area (Å²) in [5.41, 5.74) is -7.48. The van der Waals surface area contributed by atoms with E-state index in [4.69, 9.17) is 21.9 Å². The lowest BCUT2D eigenvalue weighted by Gasteiger charge is -2.15. The number of hydrogen-bond donors (Lipinski definition) is 0. The van der Waals surface area contributed by atoms with Gasteiger partial charge in [-0.1, -0.05) is 151 Å². The van der Waals surface area contributed by atoms with Gasteiger partial charge in [-0.3, -0.25) is 4.57 Å². The first-order chi connectivity index (χ1) is 38.3. The second-order valence-electron chi connectivity index (χ2n) is 11.9. The van der Waals surface area contributed by atoms with Crippen molar-refractivity contribution in [1.82, 2.24) is 14.5 Å². The summed E-state index contributed by atoms with van der Waals surface area (Å²) in [5.74, 6) is -2.71. The first-order valence-corrected chi connectivity index (χ1v) is 15.9. The molecular formula is C50H33N3. The first-order valence-electron chi connectivity index (χ1n) is 30.4.